The van der Waals surface area contributed by atoms with Crippen LogP contribution >= 0.6 is 19.2 Å². The van der Waals surface area contributed by atoms with Crippen molar-refractivity contribution in [2.45, 2.75) is 20.0 Å². The molecule has 0 atom stereocenters. The molecular formula is C10H12ClF3NO3P. The third kappa shape index (κ3) is 3.92. The average molecular weight is 318 g/mol. The number of hydrogen-bond acceptors (Lipinski definition) is 4. The lowest BCUT2D eigenvalue weighted by Crippen LogP contribution is -2.22. The predicted molar refractivity (Wildman–Crippen MR) is 64.7 cm³/mol. The minimum atomic E-state index is -4.73. The molecule has 0 saturated heterocycles. The highest BCUT2D eigenvalue weighted by Gasteiger charge is 2.41. The van der Waals surface area contributed by atoms with Crippen molar-refractivity contribution in [3.63, 3.8) is 0 Å². The Kier molecular flexibility index (Phi) is 5.38. The van der Waals surface area contributed by atoms with Crippen LogP contribution in [-0.2, 0) is 19.8 Å². The number of nitrogens with zero attached hydrogens (tertiary/aromatic N) is 1. The van der Waals surface area contributed by atoms with Crippen LogP contribution in [0.3, 0.4) is 0 Å². The van der Waals surface area contributed by atoms with Gasteiger partial charge in [0, 0.05) is 6.20 Å². The maximum Gasteiger partial charge on any atom is 0.418 e. The first-order chi connectivity index (χ1) is 8.74. The minimum Gasteiger partial charge on any atom is -0.305 e. The van der Waals surface area contributed by atoms with E-state index in [0.29, 0.717) is 6.20 Å². The maximum atomic E-state index is 12.9. The number of alkyl halides is 3. The van der Waals surface area contributed by atoms with Gasteiger partial charge >= 0.3 is 13.8 Å². The zero-order valence-electron chi connectivity index (χ0n) is 10.2. The molecule has 0 radical (unpaired) electrons. The van der Waals surface area contributed by atoms with Crippen molar-refractivity contribution in [1.82, 2.24) is 4.98 Å². The average Bonchev–Trinajstić information content (AvgIpc) is 2.28. The van der Waals surface area contributed by atoms with Crippen molar-refractivity contribution in [2.24, 2.45) is 0 Å². The summed E-state index contributed by atoms with van der Waals surface area (Å²) in [6.45, 7) is 2.88. The summed E-state index contributed by atoms with van der Waals surface area (Å²) in [5.74, 6) is 0. The van der Waals surface area contributed by atoms with E-state index in [1.807, 2.05) is 0 Å². The predicted octanol–water partition coefficient (Wildman–Crippen LogP) is 3.65. The van der Waals surface area contributed by atoms with Gasteiger partial charge in [-0.2, -0.15) is 13.2 Å². The topological polar surface area (TPSA) is 48.4 Å². The molecule has 0 aliphatic rings. The van der Waals surface area contributed by atoms with E-state index in [-0.39, 0.29) is 18.4 Å². The SMILES string of the molecule is CCOP(=O)(OCC)c1cc(Cl)ncc1C(F)(F)F. The zero-order valence-corrected chi connectivity index (χ0v) is 11.9. The molecule has 0 saturated carbocycles. The van der Waals surface area contributed by atoms with Gasteiger partial charge in [0.25, 0.3) is 0 Å². The molecule has 4 nitrogen and oxygen atoms in total. The van der Waals surface area contributed by atoms with E-state index >= 15 is 0 Å². The van der Waals surface area contributed by atoms with Gasteiger partial charge in [-0.3, -0.25) is 4.57 Å². The monoisotopic (exact) mass is 317 g/mol. The van der Waals surface area contributed by atoms with Crippen molar-refractivity contribution in [2.75, 3.05) is 13.2 Å². The second-order valence-corrected chi connectivity index (χ2v) is 5.74. The summed E-state index contributed by atoms with van der Waals surface area (Å²) in [5.41, 5.74) is -1.18. The van der Waals surface area contributed by atoms with Crippen molar-refractivity contribution in [3.8, 4) is 0 Å². The smallest absolute Gasteiger partial charge is 0.305 e. The van der Waals surface area contributed by atoms with Crippen LogP contribution in [0.2, 0.25) is 5.15 Å². The molecule has 0 N–H and O–H groups in total. The van der Waals surface area contributed by atoms with Crippen LogP contribution in [-0.4, -0.2) is 18.2 Å². The van der Waals surface area contributed by atoms with Crippen molar-refractivity contribution >= 4 is 24.5 Å². The van der Waals surface area contributed by atoms with Crippen LogP contribution in [0.1, 0.15) is 19.4 Å². The largest absolute Gasteiger partial charge is 0.418 e. The van der Waals surface area contributed by atoms with Crippen LogP contribution < -0.4 is 5.30 Å². The van der Waals surface area contributed by atoms with Gasteiger partial charge < -0.3 is 9.05 Å². The van der Waals surface area contributed by atoms with E-state index in [1.165, 1.54) is 13.8 Å². The number of rotatable bonds is 5. The van der Waals surface area contributed by atoms with Gasteiger partial charge in [0.15, 0.2) is 0 Å². The molecule has 0 aliphatic heterocycles. The van der Waals surface area contributed by atoms with Crippen molar-refractivity contribution in [3.05, 3.63) is 23.0 Å². The highest BCUT2D eigenvalue weighted by Crippen LogP contribution is 2.49. The van der Waals surface area contributed by atoms with Gasteiger partial charge in [-0.15, -0.1) is 0 Å². The fraction of sp³-hybridized carbons (Fsp3) is 0.500. The van der Waals surface area contributed by atoms with Crippen molar-refractivity contribution < 1.29 is 26.8 Å². The van der Waals surface area contributed by atoms with Crippen LogP contribution in [0.25, 0.3) is 0 Å². The Bertz CT molecular complexity index is 485. The molecule has 0 unspecified atom stereocenters. The molecule has 0 bridgehead atoms. The van der Waals surface area contributed by atoms with Crippen molar-refractivity contribution in [1.29, 1.82) is 0 Å². The van der Waals surface area contributed by atoms with Gasteiger partial charge in [-0.1, -0.05) is 11.6 Å². The highest BCUT2D eigenvalue weighted by molar-refractivity contribution is 7.62. The molecule has 0 aromatic carbocycles. The molecule has 0 spiro atoms. The normalized spacial score (nSPS) is 12.7. The lowest BCUT2D eigenvalue weighted by Gasteiger charge is -2.20. The van der Waals surface area contributed by atoms with Gasteiger partial charge in [0.2, 0.25) is 0 Å². The Labute approximate surface area is 113 Å². The Morgan fingerprint density at radius 1 is 1.32 bits per heavy atom. The molecule has 0 aliphatic carbocycles. The molecule has 1 heterocycles. The van der Waals surface area contributed by atoms with Crippen LogP contribution in [0.15, 0.2) is 12.3 Å². The van der Waals surface area contributed by atoms with Crippen LogP contribution in [0, 0.1) is 0 Å². The second-order valence-electron chi connectivity index (χ2n) is 3.35. The molecular weight excluding hydrogens is 306 g/mol. The van der Waals surface area contributed by atoms with Gasteiger partial charge in [-0.25, -0.2) is 4.98 Å². The summed E-state index contributed by atoms with van der Waals surface area (Å²) in [6.07, 6.45) is -4.21. The Morgan fingerprint density at radius 3 is 2.26 bits per heavy atom. The van der Waals surface area contributed by atoms with E-state index in [2.05, 4.69) is 4.98 Å². The Hall–Kier alpha value is -0.620. The third-order valence-corrected chi connectivity index (χ3v) is 4.41. The van der Waals surface area contributed by atoms with E-state index < -0.39 is 24.6 Å². The van der Waals surface area contributed by atoms with E-state index in [0.717, 1.165) is 6.07 Å². The number of pyridine rings is 1. The Balaban J connectivity index is 3.44. The summed E-state index contributed by atoms with van der Waals surface area (Å²) in [6, 6.07) is 0.858. The number of hydrogen-bond donors (Lipinski definition) is 0. The molecule has 1 aromatic heterocycles. The van der Waals surface area contributed by atoms with Gasteiger partial charge in [0.1, 0.15) is 5.15 Å². The maximum absolute atomic E-state index is 12.9. The van der Waals surface area contributed by atoms with E-state index in [1.54, 1.807) is 0 Å². The lowest BCUT2D eigenvalue weighted by atomic mass is 10.3. The first-order valence-electron chi connectivity index (χ1n) is 5.37. The first kappa shape index (κ1) is 16.4. The van der Waals surface area contributed by atoms with E-state index in [4.69, 9.17) is 20.6 Å². The molecule has 19 heavy (non-hydrogen) atoms. The molecule has 9 heteroatoms. The molecule has 0 fully saturated rings. The summed E-state index contributed by atoms with van der Waals surface area (Å²) in [7, 11) is -4.08. The third-order valence-electron chi connectivity index (χ3n) is 2.05. The van der Waals surface area contributed by atoms with Crippen LogP contribution in [0.4, 0.5) is 13.2 Å². The fourth-order valence-corrected chi connectivity index (χ4v) is 3.41. The molecule has 108 valence electrons. The summed E-state index contributed by atoms with van der Waals surface area (Å²) >= 11 is 5.56. The Morgan fingerprint density at radius 2 is 1.84 bits per heavy atom. The molecule has 1 rings (SSSR count). The van der Waals surface area contributed by atoms with Crippen LogP contribution in [0.5, 0.6) is 0 Å². The molecule has 0 amide bonds. The fourth-order valence-electron chi connectivity index (χ4n) is 1.38. The summed E-state index contributed by atoms with van der Waals surface area (Å²) in [4.78, 5) is 3.35. The van der Waals surface area contributed by atoms with Gasteiger partial charge in [-0.05, 0) is 19.9 Å². The van der Waals surface area contributed by atoms with E-state index in [9.17, 15) is 17.7 Å². The first-order valence-corrected chi connectivity index (χ1v) is 7.29. The highest BCUT2D eigenvalue weighted by atomic mass is 35.5. The summed E-state index contributed by atoms with van der Waals surface area (Å²) in [5, 5.41) is -0.841. The second kappa shape index (κ2) is 6.22. The van der Waals surface area contributed by atoms with Gasteiger partial charge in [0.05, 0.1) is 24.1 Å². The quantitative estimate of drug-likeness (QED) is 0.614. The number of halogens is 4. The standard InChI is InChI=1S/C10H12ClF3NO3P/c1-3-17-19(16,18-4-2)8-5-9(11)15-6-7(8)10(12,13)14/h5-6H,3-4H2,1-2H3. The zero-order chi connectivity index (χ0) is 14.7. The molecule has 1 aromatic rings. The summed E-state index contributed by atoms with van der Waals surface area (Å²) < 4.78 is 60.8. The minimum absolute atomic E-state index is 0.0610. The number of aromatic nitrogens is 1. The lowest BCUT2D eigenvalue weighted by molar-refractivity contribution is -0.137.